The molecule has 1 amide bonds. The van der Waals surface area contributed by atoms with Crippen molar-refractivity contribution in [1.29, 1.82) is 0 Å². The fourth-order valence-electron chi connectivity index (χ4n) is 0.923. The molecule has 0 aliphatic rings. The zero-order chi connectivity index (χ0) is 10.6. The van der Waals surface area contributed by atoms with E-state index in [1.165, 1.54) is 18.2 Å². The Morgan fingerprint density at radius 2 is 2.36 bits per heavy atom. The molecule has 0 saturated heterocycles. The van der Waals surface area contributed by atoms with Gasteiger partial charge in [0.1, 0.15) is 5.75 Å². The maximum absolute atomic E-state index is 11.3. The van der Waals surface area contributed by atoms with Crippen LogP contribution in [-0.2, 0) is 0 Å². The van der Waals surface area contributed by atoms with E-state index in [9.17, 15) is 9.90 Å². The minimum atomic E-state index is -0.419. The Labute approximate surface area is 86.7 Å². The molecule has 0 saturated carbocycles. The van der Waals surface area contributed by atoms with Crippen molar-refractivity contribution in [1.82, 2.24) is 5.32 Å². The third-order valence-corrected chi connectivity index (χ3v) is 1.79. The Kier molecular flexibility index (Phi) is 3.38. The quantitative estimate of drug-likeness (QED) is 0.724. The van der Waals surface area contributed by atoms with E-state index in [1.54, 1.807) is 0 Å². The Morgan fingerprint density at radius 1 is 1.64 bits per heavy atom. The summed E-state index contributed by atoms with van der Waals surface area (Å²) in [6, 6.07) is 4.25. The minimum absolute atomic E-state index is 0.126. The number of aromatic hydroxyl groups is 1. The molecular formula is C10H8ClNO2. The van der Waals surface area contributed by atoms with E-state index in [0.29, 0.717) is 5.02 Å². The molecule has 0 fully saturated rings. The zero-order valence-corrected chi connectivity index (χ0v) is 8.01. The SMILES string of the molecule is C#CCNC(=O)c1ccc(Cl)cc1O. The third kappa shape index (κ3) is 2.41. The number of carbonyl (C=O) groups is 1. The standard InChI is InChI=1S/C10H8ClNO2/c1-2-5-12-10(14)8-4-3-7(11)6-9(8)13/h1,3-4,6,13H,5H2,(H,12,14). The number of benzene rings is 1. The van der Waals surface area contributed by atoms with Gasteiger partial charge in [-0.15, -0.1) is 6.42 Å². The van der Waals surface area contributed by atoms with Crippen molar-refractivity contribution in [2.45, 2.75) is 0 Å². The molecule has 0 bridgehead atoms. The van der Waals surface area contributed by atoms with E-state index in [2.05, 4.69) is 11.2 Å². The molecule has 0 aliphatic carbocycles. The van der Waals surface area contributed by atoms with Crippen LogP contribution in [0.3, 0.4) is 0 Å². The van der Waals surface area contributed by atoms with Gasteiger partial charge in [0.2, 0.25) is 0 Å². The number of phenolic OH excluding ortho intramolecular Hbond substituents is 1. The van der Waals surface area contributed by atoms with Crippen molar-refractivity contribution in [2.24, 2.45) is 0 Å². The van der Waals surface area contributed by atoms with E-state index in [4.69, 9.17) is 18.0 Å². The lowest BCUT2D eigenvalue weighted by Crippen LogP contribution is -2.23. The number of rotatable bonds is 2. The van der Waals surface area contributed by atoms with Gasteiger partial charge in [-0.25, -0.2) is 0 Å². The summed E-state index contributed by atoms with van der Waals surface area (Å²) in [7, 11) is 0. The smallest absolute Gasteiger partial charge is 0.255 e. The van der Waals surface area contributed by atoms with Gasteiger partial charge in [-0.05, 0) is 18.2 Å². The van der Waals surface area contributed by atoms with Crippen LogP contribution in [0.1, 0.15) is 10.4 Å². The molecule has 3 nitrogen and oxygen atoms in total. The molecule has 0 atom stereocenters. The van der Waals surface area contributed by atoms with Crippen LogP contribution in [0.4, 0.5) is 0 Å². The molecule has 0 aliphatic heterocycles. The van der Waals surface area contributed by atoms with E-state index in [0.717, 1.165) is 0 Å². The molecule has 0 spiro atoms. The van der Waals surface area contributed by atoms with Crippen LogP contribution in [0, 0.1) is 12.3 Å². The number of amides is 1. The second kappa shape index (κ2) is 4.54. The van der Waals surface area contributed by atoms with Crippen LogP contribution in [0.15, 0.2) is 18.2 Å². The van der Waals surface area contributed by atoms with Crippen LogP contribution in [0.5, 0.6) is 5.75 Å². The number of nitrogens with one attached hydrogen (secondary N) is 1. The summed E-state index contributed by atoms with van der Waals surface area (Å²) in [5, 5.41) is 12.2. The van der Waals surface area contributed by atoms with Gasteiger partial charge in [0, 0.05) is 5.02 Å². The molecule has 1 aromatic rings. The van der Waals surface area contributed by atoms with Crippen molar-refractivity contribution in [3.8, 4) is 18.1 Å². The summed E-state index contributed by atoms with van der Waals surface area (Å²) < 4.78 is 0. The summed E-state index contributed by atoms with van der Waals surface area (Å²) in [4.78, 5) is 11.3. The summed E-state index contributed by atoms with van der Waals surface area (Å²) >= 11 is 5.60. The van der Waals surface area contributed by atoms with E-state index in [-0.39, 0.29) is 17.9 Å². The topological polar surface area (TPSA) is 49.3 Å². The first-order valence-corrected chi connectivity index (χ1v) is 4.23. The third-order valence-electron chi connectivity index (χ3n) is 1.56. The second-order valence-electron chi connectivity index (χ2n) is 2.55. The molecule has 1 aromatic carbocycles. The van der Waals surface area contributed by atoms with Gasteiger partial charge < -0.3 is 10.4 Å². The summed E-state index contributed by atoms with van der Waals surface area (Å²) in [6.45, 7) is 0.126. The molecule has 0 unspecified atom stereocenters. The average Bonchev–Trinajstić information content (AvgIpc) is 2.14. The Bertz CT molecular complexity index is 396. The molecule has 0 radical (unpaired) electrons. The van der Waals surface area contributed by atoms with Crippen molar-refractivity contribution in [3.05, 3.63) is 28.8 Å². The zero-order valence-electron chi connectivity index (χ0n) is 7.25. The van der Waals surface area contributed by atoms with Gasteiger partial charge in [0.15, 0.2) is 0 Å². The summed E-state index contributed by atoms with van der Waals surface area (Å²) in [6.07, 6.45) is 4.97. The number of carbonyl (C=O) groups excluding carboxylic acids is 1. The van der Waals surface area contributed by atoms with Gasteiger partial charge in [-0.3, -0.25) is 4.79 Å². The van der Waals surface area contributed by atoms with Crippen molar-refractivity contribution < 1.29 is 9.90 Å². The lowest BCUT2D eigenvalue weighted by Gasteiger charge is -2.03. The van der Waals surface area contributed by atoms with Crippen molar-refractivity contribution in [3.63, 3.8) is 0 Å². The van der Waals surface area contributed by atoms with Crippen molar-refractivity contribution in [2.75, 3.05) is 6.54 Å². The molecule has 4 heteroatoms. The monoisotopic (exact) mass is 209 g/mol. The molecular weight excluding hydrogens is 202 g/mol. The fourth-order valence-corrected chi connectivity index (χ4v) is 1.09. The highest BCUT2D eigenvalue weighted by Crippen LogP contribution is 2.21. The minimum Gasteiger partial charge on any atom is -0.507 e. The molecule has 2 N–H and O–H groups in total. The van der Waals surface area contributed by atoms with Gasteiger partial charge in [0.25, 0.3) is 5.91 Å². The lowest BCUT2D eigenvalue weighted by molar-refractivity contribution is 0.0956. The van der Waals surface area contributed by atoms with Gasteiger partial charge in [-0.2, -0.15) is 0 Å². The highest BCUT2D eigenvalue weighted by atomic mass is 35.5. The highest BCUT2D eigenvalue weighted by Gasteiger charge is 2.09. The molecule has 0 aromatic heterocycles. The van der Waals surface area contributed by atoms with Crippen LogP contribution in [0.25, 0.3) is 0 Å². The largest absolute Gasteiger partial charge is 0.507 e. The van der Waals surface area contributed by atoms with E-state index in [1.807, 2.05) is 0 Å². The Balaban J connectivity index is 2.86. The first-order valence-electron chi connectivity index (χ1n) is 3.85. The highest BCUT2D eigenvalue weighted by molar-refractivity contribution is 6.30. The maximum Gasteiger partial charge on any atom is 0.255 e. The molecule has 1 rings (SSSR count). The van der Waals surface area contributed by atoms with E-state index >= 15 is 0 Å². The molecule has 72 valence electrons. The number of hydrogen-bond acceptors (Lipinski definition) is 2. The second-order valence-corrected chi connectivity index (χ2v) is 2.98. The van der Waals surface area contributed by atoms with Crippen LogP contribution >= 0.6 is 11.6 Å². The first-order chi connectivity index (χ1) is 6.65. The normalized spacial score (nSPS) is 9.14. The number of halogens is 1. The van der Waals surface area contributed by atoms with Crippen LogP contribution in [0.2, 0.25) is 5.02 Å². The predicted molar refractivity (Wildman–Crippen MR) is 54.3 cm³/mol. The Morgan fingerprint density at radius 3 is 2.93 bits per heavy atom. The Hall–Kier alpha value is -1.66. The van der Waals surface area contributed by atoms with Crippen molar-refractivity contribution >= 4 is 17.5 Å². The fraction of sp³-hybridized carbons (Fsp3) is 0.100. The predicted octanol–water partition coefficient (Wildman–Crippen LogP) is 1.41. The summed E-state index contributed by atoms with van der Waals surface area (Å²) in [5.74, 6) is 1.68. The van der Waals surface area contributed by atoms with Gasteiger partial charge in [0.05, 0.1) is 12.1 Å². The van der Waals surface area contributed by atoms with Crippen LogP contribution in [-0.4, -0.2) is 17.6 Å². The number of hydrogen-bond donors (Lipinski definition) is 2. The average molecular weight is 210 g/mol. The van der Waals surface area contributed by atoms with E-state index < -0.39 is 5.91 Å². The first kappa shape index (κ1) is 10.4. The maximum atomic E-state index is 11.3. The summed E-state index contributed by atoms with van der Waals surface area (Å²) in [5.41, 5.74) is 0.157. The van der Waals surface area contributed by atoms with Gasteiger partial charge in [-0.1, -0.05) is 17.5 Å². The van der Waals surface area contributed by atoms with Crippen LogP contribution < -0.4 is 5.32 Å². The van der Waals surface area contributed by atoms with Gasteiger partial charge >= 0.3 is 0 Å². The molecule has 0 heterocycles. The lowest BCUT2D eigenvalue weighted by atomic mass is 10.2. The number of phenols is 1. The number of terminal acetylenes is 1. The molecule has 14 heavy (non-hydrogen) atoms.